The quantitative estimate of drug-likeness (QED) is 0.775. The first-order chi connectivity index (χ1) is 12.6. The lowest BCUT2D eigenvalue weighted by molar-refractivity contribution is -0.0627. The average molecular weight is 354 g/mol. The maximum atomic E-state index is 12.5. The first kappa shape index (κ1) is 16.8. The second kappa shape index (κ2) is 6.93. The number of morpholine rings is 1. The Bertz CT molecular complexity index is 883. The minimum absolute atomic E-state index is 0.0345. The molecule has 0 aliphatic carbocycles. The first-order valence-corrected chi connectivity index (χ1v) is 8.68. The summed E-state index contributed by atoms with van der Waals surface area (Å²) >= 11 is 0. The lowest BCUT2D eigenvalue weighted by Gasteiger charge is -2.39. The summed E-state index contributed by atoms with van der Waals surface area (Å²) in [5.41, 5.74) is 1.77. The number of nitrogens with zero attached hydrogens (tertiary/aromatic N) is 3. The summed E-state index contributed by atoms with van der Waals surface area (Å²) in [6.07, 6.45) is 3.48. The Hall–Kier alpha value is -2.64. The molecule has 3 aromatic rings. The molecule has 3 heterocycles. The van der Waals surface area contributed by atoms with Crippen LogP contribution in [0.15, 0.2) is 47.3 Å². The van der Waals surface area contributed by atoms with E-state index in [-0.39, 0.29) is 18.1 Å². The first-order valence-electron chi connectivity index (χ1n) is 8.68. The molecule has 1 N–H and O–H groups in total. The number of ether oxygens (including phenoxy) is 1. The number of fused-ring (bicyclic) bond motifs is 1. The predicted molar refractivity (Wildman–Crippen MR) is 96.9 cm³/mol. The number of hydrogen-bond acceptors (Lipinski definition) is 5. The molecule has 136 valence electrons. The van der Waals surface area contributed by atoms with Crippen molar-refractivity contribution in [2.24, 2.45) is 7.05 Å². The van der Waals surface area contributed by atoms with Gasteiger partial charge in [-0.3, -0.25) is 9.69 Å². The molecule has 0 saturated carbocycles. The highest BCUT2D eigenvalue weighted by molar-refractivity contribution is 5.96. The van der Waals surface area contributed by atoms with Crippen LogP contribution in [-0.4, -0.2) is 53.2 Å². The van der Waals surface area contributed by atoms with E-state index in [1.165, 1.54) is 0 Å². The Morgan fingerprint density at radius 3 is 2.96 bits per heavy atom. The fourth-order valence-corrected chi connectivity index (χ4v) is 3.48. The van der Waals surface area contributed by atoms with Gasteiger partial charge in [0, 0.05) is 31.7 Å². The fraction of sp³-hybridized carbons (Fsp3) is 0.368. The summed E-state index contributed by atoms with van der Waals surface area (Å²) in [6, 6.07) is 9.38. The number of hydrogen-bond donors (Lipinski definition) is 1. The van der Waals surface area contributed by atoms with Crippen LogP contribution in [0.5, 0.6) is 0 Å². The second-order valence-corrected chi connectivity index (χ2v) is 6.62. The van der Waals surface area contributed by atoms with Crippen LogP contribution in [0.2, 0.25) is 0 Å². The monoisotopic (exact) mass is 354 g/mol. The molecule has 1 aliphatic rings. The molecule has 2 aromatic heterocycles. The molecule has 0 radical (unpaired) electrons. The smallest absolute Gasteiger partial charge is 0.287 e. The lowest BCUT2D eigenvalue weighted by atomic mass is 10.0. The van der Waals surface area contributed by atoms with E-state index < -0.39 is 0 Å². The molecule has 4 rings (SSSR count). The normalized spacial score (nSPS) is 21.2. The summed E-state index contributed by atoms with van der Waals surface area (Å²) in [6.45, 7) is 1.87. The molecule has 1 aliphatic heterocycles. The van der Waals surface area contributed by atoms with E-state index in [0.29, 0.717) is 24.5 Å². The van der Waals surface area contributed by atoms with E-state index >= 15 is 0 Å². The van der Waals surface area contributed by atoms with Crippen LogP contribution in [0.25, 0.3) is 11.0 Å². The highest BCUT2D eigenvalue weighted by atomic mass is 16.5. The van der Waals surface area contributed by atoms with Crippen molar-refractivity contribution in [1.82, 2.24) is 19.8 Å². The fourth-order valence-electron chi connectivity index (χ4n) is 3.48. The molecule has 26 heavy (non-hydrogen) atoms. The number of likely N-dealkylation sites (N-methyl/N-ethyl adjacent to an activating group) is 1. The van der Waals surface area contributed by atoms with Crippen LogP contribution in [0.1, 0.15) is 22.3 Å². The van der Waals surface area contributed by atoms with Gasteiger partial charge in [0.1, 0.15) is 5.58 Å². The molecular formula is C19H22N4O3. The SMILES string of the molecule is CN1CCO[C@@H](CNC(=O)c2cc3ccccc3o2)[C@@H]1c1cncn1C. The van der Waals surface area contributed by atoms with Crippen LogP contribution in [0, 0.1) is 0 Å². The number of nitrogens with one attached hydrogen (secondary N) is 1. The Morgan fingerprint density at radius 1 is 1.35 bits per heavy atom. The van der Waals surface area contributed by atoms with Gasteiger partial charge >= 0.3 is 0 Å². The summed E-state index contributed by atoms with van der Waals surface area (Å²) in [5, 5.41) is 3.86. The molecule has 0 spiro atoms. The average Bonchev–Trinajstić information content (AvgIpc) is 3.26. The van der Waals surface area contributed by atoms with Gasteiger partial charge in [-0.15, -0.1) is 0 Å². The minimum Gasteiger partial charge on any atom is -0.451 e. The van der Waals surface area contributed by atoms with Crippen molar-refractivity contribution in [2.75, 3.05) is 26.7 Å². The van der Waals surface area contributed by atoms with Crippen LogP contribution in [-0.2, 0) is 11.8 Å². The molecule has 1 amide bonds. The zero-order valence-electron chi connectivity index (χ0n) is 14.9. The number of carbonyl (C=O) groups is 1. The van der Waals surface area contributed by atoms with Gasteiger partial charge in [-0.05, 0) is 19.2 Å². The molecule has 1 saturated heterocycles. The summed E-state index contributed by atoms with van der Waals surface area (Å²) in [7, 11) is 4.03. The Kier molecular flexibility index (Phi) is 4.48. The molecule has 0 bridgehead atoms. The highest BCUT2D eigenvalue weighted by Gasteiger charge is 2.33. The number of benzene rings is 1. The lowest BCUT2D eigenvalue weighted by Crippen LogP contribution is -2.48. The van der Waals surface area contributed by atoms with Crippen molar-refractivity contribution in [2.45, 2.75) is 12.1 Å². The van der Waals surface area contributed by atoms with Gasteiger partial charge in [0.25, 0.3) is 5.91 Å². The molecule has 7 heteroatoms. The third kappa shape index (κ3) is 3.11. The maximum Gasteiger partial charge on any atom is 0.287 e. The number of para-hydroxylation sites is 1. The number of imidazole rings is 1. The highest BCUT2D eigenvalue weighted by Crippen LogP contribution is 2.27. The van der Waals surface area contributed by atoms with Gasteiger partial charge in [-0.25, -0.2) is 4.98 Å². The number of furan rings is 1. The summed E-state index contributed by atoms with van der Waals surface area (Å²) in [4.78, 5) is 19.0. The number of aryl methyl sites for hydroxylation is 1. The zero-order chi connectivity index (χ0) is 18.1. The molecule has 0 unspecified atom stereocenters. The van der Waals surface area contributed by atoms with Gasteiger partial charge in [0.2, 0.25) is 0 Å². The van der Waals surface area contributed by atoms with Gasteiger partial charge in [-0.2, -0.15) is 0 Å². The van der Waals surface area contributed by atoms with Crippen molar-refractivity contribution in [3.8, 4) is 0 Å². The van der Waals surface area contributed by atoms with Crippen molar-refractivity contribution in [3.63, 3.8) is 0 Å². The van der Waals surface area contributed by atoms with Gasteiger partial charge in [-0.1, -0.05) is 18.2 Å². The van der Waals surface area contributed by atoms with Crippen molar-refractivity contribution in [3.05, 3.63) is 54.3 Å². The number of carbonyl (C=O) groups excluding carboxylic acids is 1. The zero-order valence-corrected chi connectivity index (χ0v) is 14.9. The summed E-state index contributed by atoms with van der Waals surface area (Å²) < 4.78 is 13.6. The van der Waals surface area contributed by atoms with E-state index in [2.05, 4.69) is 22.2 Å². The third-order valence-corrected chi connectivity index (χ3v) is 4.87. The molecular weight excluding hydrogens is 332 g/mol. The Balaban J connectivity index is 1.48. The maximum absolute atomic E-state index is 12.5. The number of aromatic nitrogens is 2. The predicted octanol–water partition coefficient (Wildman–Crippen LogP) is 1.97. The standard InChI is InChI=1S/C19H22N4O3/c1-22-7-8-25-17(18(22)14-10-20-12-23(14)2)11-21-19(24)16-9-13-5-3-4-6-15(13)26-16/h3-6,9-10,12,17-18H,7-8,11H2,1-2H3,(H,21,24)/t17-,18-/m0/s1. The largest absolute Gasteiger partial charge is 0.451 e. The topological polar surface area (TPSA) is 72.5 Å². The number of amides is 1. The van der Waals surface area contributed by atoms with Crippen molar-refractivity contribution in [1.29, 1.82) is 0 Å². The van der Waals surface area contributed by atoms with Crippen molar-refractivity contribution < 1.29 is 13.9 Å². The van der Waals surface area contributed by atoms with E-state index in [0.717, 1.165) is 17.6 Å². The number of rotatable bonds is 4. The van der Waals surface area contributed by atoms with Crippen molar-refractivity contribution >= 4 is 16.9 Å². The minimum atomic E-state index is -0.234. The van der Waals surface area contributed by atoms with Crippen LogP contribution in [0.4, 0.5) is 0 Å². The van der Waals surface area contributed by atoms with Crippen LogP contribution < -0.4 is 5.32 Å². The Labute approximate surface area is 151 Å². The van der Waals surface area contributed by atoms with Crippen LogP contribution >= 0.6 is 0 Å². The molecule has 2 atom stereocenters. The second-order valence-electron chi connectivity index (χ2n) is 6.62. The molecule has 1 aromatic carbocycles. The summed E-state index contributed by atoms with van der Waals surface area (Å²) in [5.74, 6) is 0.0780. The Morgan fingerprint density at radius 2 is 2.19 bits per heavy atom. The van der Waals surface area contributed by atoms with E-state index in [1.54, 1.807) is 12.4 Å². The van der Waals surface area contributed by atoms with E-state index in [1.807, 2.05) is 42.1 Å². The van der Waals surface area contributed by atoms with E-state index in [9.17, 15) is 4.79 Å². The van der Waals surface area contributed by atoms with Gasteiger partial charge in [0.15, 0.2) is 5.76 Å². The third-order valence-electron chi connectivity index (χ3n) is 4.87. The van der Waals surface area contributed by atoms with Gasteiger partial charge < -0.3 is 19.0 Å². The van der Waals surface area contributed by atoms with Gasteiger partial charge in [0.05, 0.1) is 30.8 Å². The van der Waals surface area contributed by atoms with Crippen LogP contribution in [0.3, 0.4) is 0 Å². The van der Waals surface area contributed by atoms with E-state index in [4.69, 9.17) is 9.15 Å². The molecule has 1 fully saturated rings. The molecule has 7 nitrogen and oxygen atoms in total.